The second-order valence-corrected chi connectivity index (χ2v) is 2.54. The van der Waals surface area contributed by atoms with Gasteiger partial charge >= 0.3 is 0 Å². The first-order chi connectivity index (χ1) is 4.75. The second kappa shape index (κ2) is 3.01. The zero-order valence-electron chi connectivity index (χ0n) is 5.92. The van der Waals surface area contributed by atoms with E-state index in [0.29, 0.717) is 0 Å². The van der Waals surface area contributed by atoms with Crippen molar-refractivity contribution in [3.05, 3.63) is 6.92 Å². The van der Waals surface area contributed by atoms with E-state index in [2.05, 4.69) is 6.92 Å². The molecule has 0 saturated carbocycles. The fourth-order valence-corrected chi connectivity index (χ4v) is 1.25. The van der Waals surface area contributed by atoms with Gasteiger partial charge in [-0.05, 0) is 19.8 Å². The number of hydrogen-bond acceptors (Lipinski definition) is 2. The molecular weight excluding hydrogens is 130 g/mol. The summed E-state index contributed by atoms with van der Waals surface area (Å²) in [6.07, 6.45) is 1.98. The first-order valence-corrected chi connectivity index (χ1v) is 3.49. The molecule has 1 unspecified atom stereocenters. The van der Waals surface area contributed by atoms with Crippen LogP contribution in [-0.2, 0) is 4.79 Å². The molecule has 0 bridgehead atoms. The largest absolute Gasteiger partial charge is 0.387 e. The van der Waals surface area contributed by atoms with Gasteiger partial charge in [-0.1, -0.05) is 0 Å². The molecule has 0 aromatic rings. The topological polar surface area (TPSA) is 40.5 Å². The molecule has 1 aliphatic rings. The maximum Gasteiger partial charge on any atom is 0.248 e. The molecule has 1 aliphatic heterocycles. The molecule has 0 aromatic carbocycles. The van der Waals surface area contributed by atoms with Crippen molar-refractivity contribution in [2.75, 3.05) is 13.2 Å². The Labute approximate surface area is 60.6 Å². The molecular formula is C7H12NO2. The number of amides is 1. The smallest absolute Gasteiger partial charge is 0.248 e. The fourth-order valence-electron chi connectivity index (χ4n) is 1.25. The Morgan fingerprint density at radius 1 is 1.80 bits per heavy atom. The summed E-state index contributed by atoms with van der Waals surface area (Å²) in [7, 11) is 0. The maximum atomic E-state index is 10.9. The summed E-state index contributed by atoms with van der Waals surface area (Å²) in [6, 6.07) is 0.0830. The van der Waals surface area contributed by atoms with Crippen LogP contribution in [0, 0.1) is 6.92 Å². The fraction of sp³-hybridized carbons (Fsp3) is 0.714. The van der Waals surface area contributed by atoms with E-state index >= 15 is 0 Å². The molecule has 1 radical (unpaired) electrons. The third-order valence-electron chi connectivity index (χ3n) is 1.83. The van der Waals surface area contributed by atoms with Gasteiger partial charge in [-0.2, -0.15) is 0 Å². The highest BCUT2D eigenvalue weighted by molar-refractivity contribution is 5.77. The monoisotopic (exact) mass is 142 g/mol. The Bertz CT molecular complexity index is 136. The molecule has 1 N–H and O–H groups in total. The highest BCUT2D eigenvalue weighted by Gasteiger charge is 2.23. The molecule has 0 aliphatic carbocycles. The number of aliphatic hydroxyl groups is 1. The zero-order valence-corrected chi connectivity index (χ0v) is 5.92. The lowest BCUT2D eigenvalue weighted by molar-refractivity contribution is -0.134. The molecule has 1 heterocycles. The van der Waals surface area contributed by atoms with Crippen LogP contribution in [0.2, 0.25) is 0 Å². The van der Waals surface area contributed by atoms with Crippen molar-refractivity contribution in [3.8, 4) is 0 Å². The van der Waals surface area contributed by atoms with Gasteiger partial charge in [0.25, 0.3) is 0 Å². The zero-order chi connectivity index (χ0) is 7.56. The van der Waals surface area contributed by atoms with Crippen LogP contribution in [0.4, 0.5) is 0 Å². The van der Waals surface area contributed by atoms with Crippen molar-refractivity contribution in [1.29, 1.82) is 0 Å². The van der Waals surface area contributed by atoms with Crippen LogP contribution in [0.25, 0.3) is 0 Å². The van der Waals surface area contributed by atoms with Crippen molar-refractivity contribution in [2.45, 2.75) is 18.9 Å². The summed E-state index contributed by atoms with van der Waals surface area (Å²) >= 11 is 0. The Hall–Kier alpha value is -0.570. The molecule has 10 heavy (non-hydrogen) atoms. The number of aliphatic hydroxyl groups excluding tert-OH is 1. The van der Waals surface area contributed by atoms with Crippen LogP contribution < -0.4 is 0 Å². The van der Waals surface area contributed by atoms with Crippen LogP contribution >= 0.6 is 0 Å². The summed E-state index contributed by atoms with van der Waals surface area (Å²) in [5, 5.41) is 8.49. The summed E-state index contributed by atoms with van der Waals surface area (Å²) in [5.41, 5.74) is 0. The molecule has 3 heteroatoms. The quantitative estimate of drug-likeness (QED) is 0.551. The lowest BCUT2D eigenvalue weighted by atomic mass is 10.2. The number of hydrogen-bond donors (Lipinski definition) is 1. The van der Waals surface area contributed by atoms with Crippen molar-refractivity contribution in [1.82, 2.24) is 4.90 Å². The molecule has 1 atom stereocenters. The SMILES string of the molecule is [CH2]C1CCCN1C(=O)CO. The van der Waals surface area contributed by atoms with Crippen LogP contribution in [0.1, 0.15) is 12.8 Å². The first-order valence-electron chi connectivity index (χ1n) is 3.49. The van der Waals surface area contributed by atoms with Gasteiger partial charge in [-0.15, -0.1) is 0 Å². The van der Waals surface area contributed by atoms with Crippen LogP contribution in [-0.4, -0.2) is 35.1 Å². The van der Waals surface area contributed by atoms with Crippen LogP contribution in [0.5, 0.6) is 0 Å². The molecule has 57 valence electrons. The van der Waals surface area contributed by atoms with Crippen LogP contribution in [0.15, 0.2) is 0 Å². The minimum atomic E-state index is -0.383. The Morgan fingerprint density at radius 3 is 2.90 bits per heavy atom. The number of likely N-dealkylation sites (tertiary alicyclic amines) is 1. The first kappa shape index (κ1) is 7.54. The standard InChI is InChI=1S/C7H12NO2/c1-6-3-2-4-8(6)7(10)5-9/h6,9H,1-5H2. The number of rotatable bonds is 1. The molecule has 3 nitrogen and oxygen atoms in total. The molecule has 0 spiro atoms. The predicted molar refractivity (Wildman–Crippen MR) is 37.2 cm³/mol. The van der Waals surface area contributed by atoms with E-state index in [-0.39, 0.29) is 18.6 Å². The number of carbonyl (C=O) groups excluding carboxylic acids is 1. The van der Waals surface area contributed by atoms with Crippen molar-refractivity contribution in [2.24, 2.45) is 0 Å². The minimum Gasteiger partial charge on any atom is -0.387 e. The van der Waals surface area contributed by atoms with Gasteiger partial charge in [0.05, 0.1) is 0 Å². The molecule has 1 fully saturated rings. The van der Waals surface area contributed by atoms with Crippen molar-refractivity contribution in [3.63, 3.8) is 0 Å². The van der Waals surface area contributed by atoms with Gasteiger partial charge in [-0.3, -0.25) is 4.79 Å². The highest BCUT2D eigenvalue weighted by atomic mass is 16.3. The van der Waals surface area contributed by atoms with Gasteiger partial charge in [0, 0.05) is 12.6 Å². The second-order valence-electron chi connectivity index (χ2n) is 2.54. The normalized spacial score (nSPS) is 25.4. The average molecular weight is 142 g/mol. The van der Waals surface area contributed by atoms with E-state index in [1.807, 2.05) is 0 Å². The molecule has 1 amide bonds. The molecule has 1 rings (SSSR count). The third kappa shape index (κ3) is 1.29. The van der Waals surface area contributed by atoms with Crippen molar-refractivity contribution >= 4 is 5.91 Å². The highest BCUT2D eigenvalue weighted by Crippen LogP contribution is 2.15. The predicted octanol–water partition coefficient (Wildman–Crippen LogP) is -0.196. The Kier molecular flexibility index (Phi) is 2.27. The number of carbonyl (C=O) groups is 1. The van der Waals surface area contributed by atoms with Gasteiger partial charge in [0.2, 0.25) is 5.91 Å². The summed E-state index contributed by atoms with van der Waals surface area (Å²) in [5.74, 6) is -0.197. The summed E-state index contributed by atoms with van der Waals surface area (Å²) in [4.78, 5) is 12.5. The Balaban J connectivity index is 2.46. The molecule has 1 saturated heterocycles. The van der Waals surface area contributed by atoms with E-state index in [4.69, 9.17) is 5.11 Å². The average Bonchev–Trinajstić information content (AvgIpc) is 2.34. The van der Waals surface area contributed by atoms with Gasteiger partial charge in [0.1, 0.15) is 6.61 Å². The Morgan fingerprint density at radius 2 is 2.50 bits per heavy atom. The van der Waals surface area contributed by atoms with E-state index < -0.39 is 0 Å². The summed E-state index contributed by atoms with van der Waals surface area (Å²) < 4.78 is 0. The van der Waals surface area contributed by atoms with Gasteiger partial charge < -0.3 is 10.0 Å². The third-order valence-corrected chi connectivity index (χ3v) is 1.83. The number of nitrogens with zero attached hydrogens (tertiary/aromatic N) is 1. The van der Waals surface area contributed by atoms with Gasteiger partial charge in [0.15, 0.2) is 0 Å². The van der Waals surface area contributed by atoms with Crippen LogP contribution in [0.3, 0.4) is 0 Å². The minimum absolute atomic E-state index is 0.0830. The van der Waals surface area contributed by atoms with Gasteiger partial charge in [-0.25, -0.2) is 0 Å². The van der Waals surface area contributed by atoms with E-state index in [1.54, 1.807) is 4.90 Å². The van der Waals surface area contributed by atoms with E-state index in [1.165, 1.54) is 0 Å². The lowest BCUT2D eigenvalue weighted by Crippen LogP contribution is -2.35. The van der Waals surface area contributed by atoms with E-state index in [9.17, 15) is 4.79 Å². The van der Waals surface area contributed by atoms with Crippen molar-refractivity contribution < 1.29 is 9.90 Å². The maximum absolute atomic E-state index is 10.9. The molecule has 0 aromatic heterocycles. The summed E-state index contributed by atoms with van der Waals surface area (Å²) in [6.45, 7) is 4.16. The van der Waals surface area contributed by atoms with E-state index in [0.717, 1.165) is 19.4 Å². The lowest BCUT2D eigenvalue weighted by Gasteiger charge is -2.19.